The molecule has 0 unspecified atom stereocenters. The molecule has 1 N–H and O–H groups in total. The summed E-state index contributed by atoms with van der Waals surface area (Å²) in [4.78, 5) is 42.8. The number of hydrogen-bond acceptors (Lipinski definition) is 6. The number of esters is 1. The van der Waals surface area contributed by atoms with Crippen LogP contribution in [0.3, 0.4) is 0 Å². The second-order valence-corrected chi connectivity index (χ2v) is 9.77. The van der Waals surface area contributed by atoms with Crippen LogP contribution in [-0.2, 0) is 20.7 Å². The Labute approximate surface area is 242 Å². The minimum absolute atomic E-state index is 0.131. The van der Waals surface area contributed by atoms with Crippen molar-refractivity contribution in [2.45, 2.75) is 25.6 Å². The quantitative estimate of drug-likeness (QED) is 0.207. The largest absolute Gasteiger partial charge is 0.461 e. The predicted molar refractivity (Wildman–Crippen MR) is 157 cm³/mol. The summed E-state index contributed by atoms with van der Waals surface area (Å²) in [5.41, 5.74) is 4.92. The SMILES string of the molecule is CCOC(=O)/C(Cl)=N/Nc1ccc(Cl)cc1C(=O)N1[C@H](/C=C/c2ccccc2)N(C)C(=O)[C@@H]1Cc1ccccc1. The molecule has 1 aliphatic rings. The average Bonchev–Trinajstić information content (AvgIpc) is 3.20. The Kier molecular flexibility index (Phi) is 9.58. The van der Waals surface area contributed by atoms with Crippen LogP contribution in [0, 0.1) is 0 Å². The number of hydrazone groups is 1. The highest BCUT2D eigenvalue weighted by Gasteiger charge is 2.46. The summed E-state index contributed by atoms with van der Waals surface area (Å²) in [5, 5.41) is 3.75. The fraction of sp³-hybridized carbons (Fsp3) is 0.200. The van der Waals surface area contributed by atoms with Gasteiger partial charge in [0.2, 0.25) is 11.1 Å². The van der Waals surface area contributed by atoms with Crippen LogP contribution in [0.4, 0.5) is 5.69 Å². The van der Waals surface area contributed by atoms with Gasteiger partial charge in [-0.1, -0.05) is 89.9 Å². The van der Waals surface area contributed by atoms with Gasteiger partial charge in [0.15, 0.2) is 0 Å². The summed E-state index contributed by atoms with van der Waals surface area (Å²) in [7, 11) is 1.67. The fourth-order valence-electron chi connectivity index (χ4n) is 4.40. The summed E-state index contributed by atoms with van der Waals surface area (Å²) in [6.45, 7) is 1.78. The third kappa shape index (κ3) is 6.70. The number of carbonyl (C=O) groups is 3. The van der Waals surface area contributed by atoms with Gasteiger partial charge < -0.3 is 14.5 Å². The predicted octanol–water partition coefficient (Wildman–Crippen LogP) is 5.43. The molecule has 3 aromatic rings. The van der Waals surface area contributed by atoms with E-state index in [4.69, 9.17) is 27.9 Å². The summed E-state index contributed by atoms with van der Waals surface area (Å²) >= 11 is 12.3. The molecule has 8 nitrogen and oxygen atoms in total. The zero-order valence-corrected chi connectivity index (χ0v) is 23.5. The zero-order valence-electron chi connectivity index (χ0n) is 22.0. The summed E-state index contributed by atoms with van der Waals surface area (Å²) < 4.78 is 4.85. The van der Waals surface area contributed by atoms with Crippen LogP contribution < -0.4 is 5.43 Å². The molecule has 0 bridgehead atoms. The van der Waals surface area contributed by atoms with Crippen molar-refractivity contribution in [3.05, 3.63) is 107 Å². The molecule has 206 valence electrons. The number of anilines is 1. The molecule has 1 saturated heterocycles. The number of nitrogens with zero attached hydrogens (tertiary/aromatic N) is 3. The lowest BCUT2D eigenvalue weighted by atomic mass is 10.0. The normalized spacial score (nSPS) is 17.4. The summed E-state index contributed by atoms with van der Waals surface area (Å²) in [6.07, 6.45) is 3.35. The van der Waals surface area contributed by atoms with E-state index in [0.717, 1.165) is 11.1 Å². The van der Waals surface area contributed by atoms with Gasteiger partial charge in [0, 0.05) is 18.5 Å². The van der Waals surface area contributed by atoms with Crippen molar-refractivity contribution in [1.29, 1.82) is 0 Å². The van der Waals surface area contributed by atoms with E-state index in [2.05, 4.69) is 10.5 Å². The lowest BCUT2D eigenvalue weighted by molar-refractivity contribution is -0.134. The number of halogens is 2. The molecule has 0 aliphatic carbocycles. The van der Waals surface area contributed by atoms with Crippen LogP contribution in [0.1, 0.15) is 28.4 Å². The van der Waals surface area contributed by atoms with Crippen LogP contribution in [0.25, 0.3) is 6.08 Å². The topological polar surface area (TPSA) is 91.3 Å². The van der Waals surface area contributed by atoms with Crippen LogP contribution in [-0.4, -0.2) is 58.6 Å². The van der Waals surface area contributed by atoms with E-state index in [0.29, 0.717) is 11.4 Å². The first-order valence-electron chi connectivity index (χ1n) is 12.6. The number of ether oxygens (including phenoxy) is 1. The van der Waals surface area contributed by atoms with Gasteiger partial charge in [-0.3, -0.25) is 15.0 Å². The number of benzene rings is 3. The maximum Gasteiger partial charge on any atom is 0.370 e. The van der Waals surface area contributed by atoms with Crippen molar-refractivity contribution in [3.8, 4) is 0 Å². The smallest absolute Gasteiger partial charge is 0.370 e. The van der Waals surface area contributed by atoms with Gasteiger partial charge in [0.1, 0.15) is 12.2 Å². The number of amides is 2. The highest BCUT2D eigenvalue weighted by Crippen LogP contribution is 2.31. The number of hydrogen-bond donors (Lipinski definition) is 1. The highest BCUT2D eigenvalue weighted by molar-refractivity contribution is 6.82. The van der Waals surface area contributed by atoms with Gasteiger partial charge in [-0.05, 0) is 42.3 Å². The maximum absolute atomic E-state index is 14.3. The van der Waals surface area contributed by atoms with Gasteiger partial charge in [-0.2, -0.15) is 5.10 Å². The molecular formula is C30H28Cl2N4O4. The van der Waals surface area contributed by atoms with Gasteiger partial charge in [0.05, 0.1) is 17.9 Å². The minimum atomic E-state index is -0.806. The highest BCUT2D eigenvalue weighted by atomic mass is 35.5. The van der Waals surface area contributed by atoms with Crippen molar-refractivity contribution >= 4 is 57.9 Å². The molecule has 0 spiro atoms. The molecule has 0 radical (unpaired) electrons. The van der Waals surface area contributed by atoms with Gasteiger partial charge in [0.25, 0.3) is 5.91 Å². The zero-order chi connectivity index (χ0) is 28.6. The van der Waals surface area contributed by atoms with E-state index in [-0.39, 0.29) is 23.8 Å². The Balaban J connectivity index is 1.74. The second kappa shape index (κ2) is 13.3. The molecular weight excluding hydrogens is 551 g/mol. The maximum atomic E-state index is 14.3. The second-order valence-electron chi connectivity index (χ2n) is 8.98. The van der Waals surface area contributed by atoms with Crippen LogP contribution in [0.2, 0.25) is 5.02 Å². The lowest BCUT2D eigenvalue weighted by Gasteiger charge is -2.29. The van der Waals surface area contributed by atoms with Crippen molar-refractivity contribution in [2.75, 3.05) is 19.1 Å². The van der Waals surface area contributed by atoms with E-state index < -0.39 is 29.3 Å². The van der Waals surface area contributed by atoms with Crippen molar-refractivity contribution in [1.82, 2.24) is 9.80 Å². The van der Waals surface area contributed by atoms with E-state index in [9.17, 15) is 14.4 Å². The molecule has 0 saturated carbocycles. The van der Waals surface area contributed by atoms with Gasteiger partial charge in [-0.25, -0.2) is 4.79 Å². The van der Waals surface area contributed by atoms with E-state index in [1.54, 1.807) is 35.9 Å². The molecule has 1 fully saturated rings. The van der Waals surface area contributed by atoms with Crippen molar-refractivity contribution in [3.63, 3.8) is 0 Å². The van der Waals surface area contributed by atoms with Gasteiger partial charge in [-0.15, -0.1) is 0 Å². The van der Waals surface area contributed by atoms with Crippen LogP contribution >= 0.6 is 23.2 Å². The Hall–Kier alpha value is -4.14. The molecule has 1 heterocycles. The molecule has 2 atom stereocenters. The molecule has 4 rings (SSSR count). The molecule has 2 amide bonds. The Bertz CT molecular complexity index is 1430. The minimum Gasteiger partial charge on any atom is -0.461 e. The monoisotopic (exact) mass is 578 g/mol. The Morgan fingerprint density at radius 3 is 2.40 bits per heavy atom. The van der Waals surface area contributed by atoms with Gasteiger partial charge >= 0.3 is 5.97 Å². The van der Waals surface area contributed by atoms with E-state index in [1.807, 2.05) is 72.8 Å². The van der Waals surface area contributed by atoms with E-state index >= 15 is 0 Å². The molecule has 1 aliphatic heterocycles. The number of carbonyl (C=O) groups excluding carboxylic acids is 3. The molecule has 40 heavy (non-hydrogen) atoms. The Morgan fingerprint density at radius 2 is 1.73 bits per heavy atom. The fourth-order valence-corrected chi connectivity index (χ4v) is 4.67. The summed E-state index contributed by atoms with van der Waals surface area (Å²) in [6, 6.07) is 23.0. The first-order chi connectivity index (χ1) is 19.3. The van der Waals surface area contributed by atoms with Crippen molar-refractivity contribution in [2.24, 2.45) is 5.10 Å². The van der Waals surface area contributed by atoms with Crippen molar-refractivity contribution < 1.29 is 19.1 Å². The third-order valence-electron chi connectivity index (χ3n) is 6.35. The molecule has 10 heteroatoms. The standard InChI is InChI=1S/C30H28Cl2N4O4/c1-3-40-30(39)27(32)34-33-24-16-15-22(31)19-23(24)28(37)36-25(18-21-12-8-5-9-13-21)29(38)35(2)26(36)17-14-20-10-6-4-7-11-20/h4-17,19,25-26,33H,3,18H2,1-2H3/b17-14+,34-27-/t25-,26+/m0/s1. The first-order valence-corrected chi connectivity index (χ1v) is 13.4. The lowest BCUT2D eigenvalue weighted by Crippen LogP contribution is -2.44. The van der Waals surface area contributed by atoms with Crippen LogP contribution in [0.15, 0.2) is 90.0 Å². The summed E-state index contributed by atoms with van der Waals surface area (Å²) in [5.74, 6) is -1.45. The Morgan fingerprint density at radius 1 is 1.05 bits per heavy atom. The molecule has 0 aromatic heterocycles. The number of likely N-dealkylation sites (N-methyl/N-ethyl adjacent to an activating group) is 1. The van der Waals surface area contributed by atoms with E-state index in [1.165, 1.54) is 6.07 Å². The number of rotatable bonds is 9. The molecule has 3 aromatic carbocycles. The average molecular weight is 579 g/mol. The first kappa shape index (κ1) is 28.9. The number of nitrogens with one attached hydrogen (secondary N) is 1. The van der Waals surface area contributed by atoms with Crippen LogP contribution in [0.5, 0.6) is 0 Å². The third-order valence-corrected chi connectivity index (χ3v) is 6.82.